The molecular formula is C12H16N2O. The van der Waals surface area contributed by atoms with Crippen LogP contribution in [0.15, 0.2) is 18.3 Å². The molecule has 2 N–H and O–H groups in total. The summed E-state index contributed by atoms with van der Waals surface area (Å²) in [5.41, 5.74) is 6.85. The Balaban J connectivity index is 2.29. The molecule has 0 unspecified atom stereocenters. The summed E-state index contributed by atoms with van der Waals surface area (Å²) in [6.45, 7) is 0. The van der Waals surface area contributed by atoms with E-state index in [0.29, 0.717) is 11.5 Å². The van der Waals surface area contributed by atoms with Gasteiger partial charge in [-0.05, 0) is 25.0 Å². The number of rotatable bonds is 2. The van der Waals surface area contributed by atoms with Crippen LogP contribution in [0.3, 0.4) is 0 Å². The van der Waals surface area contributed by atoms with E-state index in [1.165, 1.54) is 19.3 Å². The van der Waals surface area contributed by atoms with Crippen LogP contribution in [0.4, 0.5) is 0 Å². The van der Waals surface area contributed by atoms with Gasteiger partial charge in [-0.2, -0.15) is 0 Å². The molecule has 80 valence electrons. The zero-order valence-corrected chi connectivity index (χ0v) is 8.78. The highest BCUT2D eigenvalue weighted by Crippen LogP contribution is 2.32. The second kappa shape index (κ2) is 4.43. The molecule has 1 aliphatic rings. The highest BCUT2D eigenvalue weighted by atomic mass is 16.1. The Hall–Kier alpha value is -1.38. The summed E-state index contributed by atoms with van der Waals surface area (Å²) in [6, 6.07) is 3.55. The van der Waals surface area contributed by atoms with E-state index >= 15 is 0 Å². The van der Waals surface area contributed by atoms with Crippen molar-refractivity contribution < 1.29 is 4.79 Å². The van der Waals surface area contributed by atoms with E-state index in [2.05, 4.69) is 4.98 Å². The molecule has 0 aromatic carbocycles. The number of primary amides is 1. The second-order valence-electron chi connectivity index (χ2n) is 4.14. The average Bonchev–Trinajstić information content (AvgIpc) is 2.30. The topological polar surface area (TPSA) is 56.0 Å². The molecule has 2 rings (SSSR count). The van der Waals surface area contributed by atoms with E-state index in [1.807, 2.05) is 0 Å². The lowest BCUT2D eigenvalue weighted by Gasteiger charge is -2.22. The number of nitrogens with two attached hydrogens (primary N) is 1. The van der Waals surface area contributed by atoms with Gasteiger partial charge in [-0.3, -0.25) is 9.78 Å². The van der Waals surface area contributed by atoms with Crippen molar-refractivity contribution in [1.82, 2.24) is 4.98 Å². The Bertz CT molecular complexity index is 356. The van der Waals surface area contributed by atoms with Gasteiger partial charge in [0.25, 0.3) is 5.91 Å². The van der Waals surface area contributed by atoms with Crippen molar-refractivity contribution in [3.8, 4) is 0 Å². The highest BCUT2D eigenvalue weighted by molar-refractivity contribution is 5.94. The predicted molar refractivity (Wildman–Crippen MR) is 58.6 cm³/mol. The first-order valence-corrected chi connectivity index (χ1v) is 5.54. The van der Waals surface area contributed by atoms with Gasteiger partial charge in [0, 0.05) is 12.1 Å². The fourth-order valence-corrected chi connectivity index (χ4v) is 2.33. The standard InChI is InChI=1S/C12H16N2O/c13-12(15)10-7-4-8-14-11(10)9-5-2-1-3-6-9/h4,7-9H,1-3,5-6H2,(H2,13,15). The first-order chi connectivity index (χ1) is 7.29. The monoisotopic (exact) mass is 204 g/mol. The van der Waals surface area contributed by atoms with E-state index in [-0.39, 0.29) is 5.91 Å². The largest absolute Gasteiger partial charge is 0.366 e. The van der Waals surface area contributed by atoms with Crippen LogP contribution in [0.25, 0.3) is 0 Å². The number of amides is 1. The Morgan fingerprint density at radius 3 is 2.73 bits per heavy atom. The molecule has 1 saturated carbocycles. The number of carbonyl (C=O) groups excluding carboxylic acids is 1. The molecule has 1 amide bonds. The third-order valence-electron chi connectivity index (χ3n) is 3.10. The Morgan fingerprint density at radius 1 is 1.33 bits per heavy atom. The minimum absolute atomic E-state index is 0.358. The van der Waals surface area contributed by atoms with Gasteiger partial charge in [0.1, 0.15) is 0 Å². The number of pyridine rings is 1. The molecule has 0 aliphatic heterocycles. The van der Waals surface area contributed by atoms with Gasteiger partial charge in [-0.25, -0.2) is 0 Å². The Morgan fingerprint density at radius 2 is 2.07 bits per heavy atom. The van der Waals surface area contributed by atoms with E-state index in [0.717, 1.165) is 18.5 Å². The van der Waals surface area contributed by atoms with Gasteiger partial charge in [0.2, 0.25) is 0 Å². The summed E-state index contributed by atoms with van der Waals surface area (Å²) in [7, 11) is 0. The Labute approximate surface area is 89.7 Å². The maximum absolute atomic E-state index is 11.2. The van der Waals surface area contributed by atoms with Crippen molar-refractivity contribution in [2.24, 2.45) is 5.73 Å². The predicted octanol–water partition coefficient (Wildman–Crippen LogP) is 2.23. The fourth-order valence-electron chi connectivity index (χ4n) is 2.33. The van der Waals surface area contributed by atoms with Gasteiger partial charge in [-0.1, -0.05) is 19.3 Å². The summed E-state index contributed by atoms with van der Waals surface area (Å²) in [6.07, 6.45) is 7.79. The van der Waals surface area contributed by atoms with Crippen molar-refractivity contribution >= 4 is 5.91 Å². The van der Waals surface area contributed by atoms with Gasteiger partial charge < -0.3 is 5.73 Å². The van der Waals surface area contributed by atoms with Crippen LogP contribution < -0.4 is 5.73 Å². The molecular weight excluding hydrogens is 188 g/mol. The molecule has 0 atom stereocenters. The van der Waals surface area contributed by atoms with Crippen molar-refractivity contribution in [1.29, 1.82) is 0 Å². The normalized spacial score (nSPS) is 17.6. The smallest absolute Gasteiger partial charge is 0.250 e. The minimum Gasteiger partial charge on any atom is -0.366 e. The summed E-state index contributed by atoms with van der Waals surface area (Å²) in [4.78, 5) is 15.6. The zero-order chi connectivity index (χ0) is 10.7. The first kappa shape index (κ1) is 10.1. The molecule has 0 saturated heterocycles. The van der Waals surface area contributed by atoms with Crippen LogP contribution in [0, 0.1) is 0 Å². The number of nitrogens with zero attached hydrogens (tertiary/aromatic N) is 1. The maximum atomic E-state index is 11.2. The van der Waals surface area contributed by atoms with E-state index in [9.17, 15) is 4.79 Å². The van der Waals surface area contributed by atoms with Gasteiger partial charge in [0.15, 0.2) is 0 Å². The molecule has 0 bridgehead atoms. The number of hydrogen-bond acceptors (Lipinski definition) is 2. The van der Waals surface area contributed by atoms with Crippen LogP contribution >= 0.6 is 0 Å². The van der Waals surface area contributed by atoms with Crippen LogP contribution in [0.2, 0.25) is 0 Å². The van der Waals surface area contributed by atoms with Gasteiger partial charge in [0.05, 0.1) is 11.3 Å². The van der Waals surface area contributed by atoms with E-state index in [4.69, 9.17) is 5.73 Å². The van der Waals surface area contributed by atoms with Crippen LogP contribution in [-0.2, 0) is 0 Å². The molecule has 15 heavy (non-hydrogen) atoms. The summed E-state index contributed by atoms with van der Waals surface area (Å²) >= 11 is 0. The molecule has 1 aromatic rings. The lowest BCUT2D eigenvalue weighted by atomic mass is 9.85. The summed E-state index contributed by atoms with van der Waals surface area (Å²) < 4.78 is 0. The second-order valence-corrected chi connectivity index (χ2v) is 4.14. The third kappa shape index (κ3) is 2.17. The molecule has 3 nitrogen and oxygen atoms in total. The number of carbonyl (C=O) groups is 1. The van der Waals surface area contributed by atoms with Crippen LogP contribution in [0.5, 0.6) is 0 Å². The highest BCUT2D eigenvalue weighted by Gasteiger charge is 2.21. The molecule has 3 heteroatoms. The molecule has 0 spiro atoms. The molecule has 1 aromatic heterocycles. The van der Waals surface area contributed by atoms with Crippen molar-refractivity contribution in [3.63, 3.8) is 0 Å². The van der Waals surface area contributed by atoms with Crippen molar-refractivity contribution in [2.75, 3.05) is 0 Å². The number of aromatic nitrogens is 1. The number of hydrogen-bond donors (Lipinski definition) is 1. The summed E-state index contributed by atoms with van der Waals surface area (Å²) in [5, 5.41) is 0. The Kier molecular flexibility index (Phi) is 2.99. The minimum atomic E-state index is -0.358. The van der Waals surface area contributed by atoms with Crippen molar-refractivity contribution in [2.45, 2.75) is 38.0 Å². The molecule has 1 fully saturated rings. The van der Waals surface area contributed by atoms with Crippen molar-refractivity contribution in [3.05, 3.63) is 29.6 Å². The summed E-state index contributed by atoms with van der Waals surface area (Å²) in [5.74, 6) is 0.0751. The molecule has 0 radical (unpaired) electrons. The fraction of sp³-hybridized carbons (Fsp3) is 0.500. The lowest BCUT2D eigenvalue weighted by Crippen LogP contribution is -2.17. The maximum Gasteiger partial charge on any atom is 0.250 e. The zero-order valence-electron chi connectivity index (χ0n) is 8.78. The van der Waals surface area contributed by atoms with Gasteiger partial charge in [-0.15, -0.1) is 0 Å². The van der Waals surface area contributed by atoms with Gasteiger partial charge >= 0.3 is 0 Å². The van der Waals surface area contributed by atoms with E-state index in [1.54, 1.807) is 18.3 Å². The SMILES string of the molecule is NC(=O)c1cccnc1C1CCCCC1. The third-order valence-corrected chi connectivity index (χ3v) is 3.10. The lowest BCUT2D eigenvalue weighted by molar-refractivity contribution is 0.0998. The van der Waals surface area contributed by atoms with Crippen LogP contribution in [0.1, 0.15) is 54.1 Å². The quantitative estimate of drug-likeness (QED) is 0.803. The van der Waals surface area contributed by atoms with Crippen LogP contribution in [-0.4, -0.2) is 10.9 Å². The molecule has 1 aliphatic carbocycles. The van der Waals surface area contributed by atoms with E-state index < -0.39 is 0 Å². The average molecular weight is 204 g/mol. The first-order valence-electron chi connectivity index (χ1n) is 5.54. The molecule has 1 heterocycles.